The largest absolute Gasteiger partial charge is 0.464 e. The first-order chi connectivity index (χ1) is 9.13. The van der Waals surface area contributed by atoms with Gasteiger partial charge in [-0.2, -0.15) is 0 Å². The van der Waals surface area contributed by atoms with Gasteiger partial charge in [-0.05, 0) is 12.3 Å². The van der Waals surface area contributed by atoms with Crippen molar-refractivity contribution in [1.82, 2.24) is 9.97 Å². The van der Waals surface area contributed by atoms with Crippen molar-refractivity contribution in [2.24, 2.45) is 5.92 Å². The molecular formula is C13H21N3O3. The van der Waals surface area contributed by atoms with Crippen LogP contribution in [0.2, 0.25) is 0 Å². The third-order valence-corrected chi connectivity index (χ3v) is 2.25. The van der Waals surface area contributed by atoms with Crippen LogP contribution in [0.3, 0.4) is 0 Å². The van der Waals surface area contributed by atoms with Crippen molar-refractivity contribution in [2.75, 3.05) is 32.2 Å². The second kappa shape index (κ2) is 8.42. The SMILES string of the molecule is COC(=O)c1cncc(NCCCOCC(C)C)n1. The Hall–Kier alpha value is -1.69. The van der Waals surface area contributed by atoms with Crippen molar-refractivity contribution in [3.8, 4) is 0 Å². The Morgan fingerprint density at radius 2 is 2.21 bits per heavy atom. The van der Waals surface area contributed by atoms with Gasteiger partial charge in [0.15, 0.2) is 5.69 Å². The molecule has 1 N–H and O–H groups in total. The van der Waals surface area contributed by atoms with Gasteiger partial charge in [0.05, 0.1) is 19.5 Å². The number of carbonyl (C=O) groups excluding carboxylic acids is 1. The van der Waals surface area contributed by atoms with Crippen LogP contribution in [0.25, 0.3) is 0 Å². The van der Waals surface area contributed by atoms with Gasteiger partial charge in [-0.25, -0.2) is 9.78 Å². The predicted octanol–water partition coefficient (Wildman–Crippen LogP) is 1.74. The summed E-state index contributed by atoms with van der Waals surface area (Å²) in [6, 6.07) is 0. The Kier molecular flexibility index (Phi) is 6.81. The first kappa shape index (κ1) is 15.4. The molecule has 106 valence electrons. The summed E-state index contributed by atoms with van der Waals surface area (Å²) in [5.74, 6) is 0.624. The summed E-state index contributed by atoms with van der Waals surface area (Å²) in [6.45, 7) is 6.43. The van der Waals surface area contributed by atoms with Gasteiger partial charge in [0.2, 0.25) is 0 Å². The molecule has 1 aromatic heterocycles. The highest BCUT2D eigenvalue weighted by atomic mass is 16.5. The van der Waals surface area contributed by atoms with E-state index in [1.165, 1.54) is 13.3 Å². The van der Waals surface area contributed by atoms with Crippen molar-refractivity contribution in [2.45, 2.75) is 20.3 Å². The van der Waals surface area contributed by atoms with Crippen LogP contribution in [0, 0.1) is 5.92 Å². The Morgan fingerprint density at radius 1 is 1.42 bits per heavy atom. The zero-order valence-electron chi connectivity index (χ0n) is 11.7. The maximum absolute atomic E-state index is 11.3. The predicted molar refractivity (Wildman–Crippen MR) is 72.1 cm³/mol. The molecule has 19 heavy (non-hydrogen) atoms. The molecule has 0 spiro atoms. The Bertz CT molecular complexity index is 396. The van der Waals surface area contributed by atoms with E-state index in [1.807, 2.05) is 0 Å². The average molecular weight is 267 g/mol. The van der Waals surface area contributed by atoms with Crippen LogP contribution in [0.4, 0.5) is 5.82 Å². The third-order valence-electron chi connectivity index (χ3n) is 2.25. The minimum Gasteiger partial charge on any atom is -0.464 e. The smallest absolute Gasteiger partial charge is 0.358 e. The summed E-state index contributed by atoms with van der Waals surface area (Å²) >= 11 is 0. The van der Waals surface area contributed by atoms with Crippen LogP contribution in [-0.4, -0.2) is 42.8 Å². The molecule has 1 aromatic rings. The summed E-state index contributed by atoms with van der Waals surface area (Å²) in [5, 5.41) is 3.09. The van der Waals surface area contributed by atoms with Crippen LogP contribution in [0.15, 0.2) is 12.4 Å². The first-order valence-corrected chi connectivity index (χ1v) is 6.35. The van der Waals surface area contributed by atoms with Crippen LogP contribution in [0.5, 0.6) is 0 Å². The number of esters is 1. The molecule has 6 nitrogen and oxygen atoms in total. The van der Waals surface area contributed by atoms with E-state index in [2.05, 4.69) is 33.9 Å². The Labute approximate surface area is 113 Å². The molecule has 0 bridgehead atoms. The number of ether oxygens (including phenoxy) is 2. The van der Waals surface area contributed by atoms with Gasteiger partial charge in [0.1, 0.15) is 5.82 Å². The molecule has 0 saturated heterocycles. The highest BCUT2D eigenvalue weighted by Gasteiger charge is 2.07. The van der Waals surface area contributed by atoms with Crippen LogP contribution in [0.1, 0.15) is 30.8 Å². The summed E-state index contributed by atoms with van der Waals surface area (Å²) in [5.41, 5.74) is 0.198. The lowest BCUT2D eigenvalue weighted by molar-refractivity contribution is 0.0593. The van der Waals surface area contributed by atoms with Crippen LogP contribution < -0.4 is 5.32 Å². The summed E-state index contributed by atoms with van der Waals surface area (Å²) in [4.78, 5) is 19.3. The standard InChI is InChI=1S/C13H21N3O3/c1-10(2)9-19-6-4-5-15-12-8-14-7-11(16-12)13(17)18-3/h7-8,10H,4-6,9H2,1-3H3,(H,15,16). The van der Waals surface area contributed by atoms with Gasteiger partial charge in [-0.3, -0.25) is 4.98 Å². The topological polar surface area (TPSA) is 73.3 Å². The van der Waals surface area contributed by atoms with E-state index in [9.17, 15) is 4.79 Å². The molecule has 0 atom stereocenters. The summed E-state index contributed by atoms with van der Waals surface area (Å²) in [6.07, 6.45) is 3.82. The van der Waals surface area contributed by atoms with Crippen LogP contribution >= 0.6 is 0 Å². The molecular weight excluding hydrogens is 246 g/mol. The second-order valence-electron chi connectivity index (χ2n) is 4.53. The van der Waals surface area contributed by atoms with E-state index in [1.54, 1.807) is 6.20 Å². The number of carbonyl (C=O) groups is 1. The highest BCUT2D eigenvalue weighted by molar-refractivity contribution is 5.87. The molecule has 0 aromatic carbocycles. The van der Waals surface area contributed by atoms with E-state index in [-0.39, 0.29) is 5.69 Å². The molecule has 0 aliphatic carbocycles. The second-order valence-corrected chi connectivity index (χ2v) is 4.53. The quantitative estimate of drug-likeness (QED) is 0.571. The van der Waals surface area contributed by atoms with E-state index in [4.69, 9.17) is 4.74 Å². The number of hydrogen-bond donors (Lipinski definition) is 1. The lowest BCUT2D eigenvalue weighted by Crippen LogP contribution is -2.11. The summed E-state index contributed by atoms with van der Waals surface area (Å²) in [7, 11) is 1.32. The monoisotopic (exact) mass is 267 g/mol. The molecule has 0 aliphatic rings. The van der Waals surface area contributed by atoms with Crippen molar-refractivity contribution < 1.29 is 14.3 Å². The fraction of sp³-hybridized carbons (Fsp3) is 0.615. The molecule has 0 aliphatic heterocycles. The molecule has 1 heterocycles. The van der Waals surface area contributed by atoms with Crippen molar-refractivity contribution >= 4 is 11.8 Å². The zero-order valence-corrected chi connectivity index (χ0v) is 11.7. The van der Waals surface area contributed by atoms with E-state index in [0.717, 1.165) is 19.6 Å². The minimum absolute atomic E-state index is 0.198. The fourth-order valence-electron chi connectivity index (χ4n) is 1.36. The van der Waals surface area contributed by atoms with Gasteiger partial charge < -0.3 is 14.8 Å². The molecule has 0 radical (unpaired) electrons. The fourth-order valence-corrected chi connectivity index (χ4v) is 1.36. The number of rotatable bonds is 8. The number of methoxy groups -OCH3 is 1. The van der Waals surface area contributed by atoms with Gasteiger partial charge >= 0.3 is 5.97 Å². The first-order valence-electron chi connectivity index (χ1n) is 6.35. The van der Waals surface area contributed by atoms with Crippen LogP contribution in [-0.2, 0) is 9.47 Å². The molecule has 0 unspecified atom stereocenters. The van der Waals surface area contributed by atoms with Crippen molar-refractivity contribution in [1.29, 1.82) is 0 Å². The number of nitrogens with one attached hydrogen (secondary N) is 1. The Morgan fingerprint density at radius 3 is 2.89 bits per heavy atom. The zero-order chi connectivity index (χ0) is 14.1. The van der Waals surface area contributed by atoms with Crippen molar-refractivity contribution in [3.05, 3.63) is 18.1 Å². The molecule has 1 rings (SSSR count). The minimum atomic E-state index is -0.489. The van der Waals surface area contributed by atoms with Gasteiger partial charge in [0.25, 0.3) is 0 Å². The number of hydrogen-bond acceptors (Lipinski definition) is 6. The molecule has 0 fully saturated rings. The number of aromatic nitrogens is 2. The number of nitrogens with zero attached hydrogens (tertiary/aromatic N) is 2. The van der Waals surface area contributed by atoms with E-state index < -0.39 is 5.97 Å². The van der Waals surface area contributed by atoms with E-state index >= 15 is 0 Å². The highest BCUT2D eigenvalue weighted by Crippen LogP contribution is 2.03. The summed E-state index contributed by atoms with van der Waals surface area (Å²) < 4.78 is 10.0. The Balaban J connectivity index is 2.27. The van der Waals surface area contributed by atoms with E-state index in [0.29, 0.717) is 18.3 Å². The van der Waals surface area contributed by atoms with Gasteiger partial charge in [0, 0.05) is 19.8 Å². The lowest BCUT2D eigenvalue weighted by atomic mass is 10.2. The van der Waals surface area contributed by atoms with Crippen molar-refractivity contribution in [3.63, 3.8) is 0 Å². The average Bonchev–Trinajstić information content (AvgIpc) is 2.41. The lowest BCUT2D eigenvalue weighted by Gasteiger charge is -2.08. The number of anilines is 1. The molecule has 0 amide bonds. The molecule has 0 saturated carbocycles. The maximum Gasteiger partial charge on any atom is 0.358 e. The molecule has 6 heteroatoms. The maximum atomic E-state index is 11.3. The van der Waals surface area contributed by atoms with Gasteiger partial charge in [-0.1, -0.05) is 13.8 Å². The normalized spacial score (nSPS) is 10.5. The van der Waals surface area contributed by atoms with Gasteiger partial charge in [-0.15, -0.1) is 0 Å². The third kappa shape index (κ3) is 6.15.